The Kier molecular flexibility index (Phi) is 8.81. The van der Waals surface area contributed by atoms with Gasteiger partial charge in [0.1, 0.15) is 17.8 Å². The Bertz CT molecular complexity index is 927. The van der Waals surface area contributed by atoms with Crippen LogP contribution >= 0.6 is 0 Å². The van der Waals surface area contributed by atoms with Gasteiger partial charge in [-0.05, 0) is 42.5 Å². The van der Waals surface area contributed by atoms with E-state index in [9.17, 15) is 24.6 Å². The van der Waals surface area contributed by atoms with E-state index in [-0.39, 0.29) is 24.8 Å². The standard InChI is InChI=1S/C23H30N2O6/c1-4-31-19-10-9-15-7-5-6-8-16(15)20(19)21(26)24-12-11-17(22(27)28)25-18(23(29)30)13-14(2)3/h5-10,14,17-18,25H,4,11-13H2,1-3H3,(H,24,26)(H,27,28)(H,29,30). The van der Waals surface area contributed by atoms with E-state index in [0.717, 1.165) is 10.8 Å². The molecule has 0 aliphatic rings. The van der Waals surface area contributed by atoms with Crippen molar-refractivity contribution in [1.29, 1.82) is 0 Å². The van der Waals surface area contributed by atoms with Gasteiger partial charge in [0.2, 0.25) is 0 Å². The summed E-state index contributed by atoms with van der Waals surface area (Å²) in [5.74, 6) is -2.09. The maximum atomic E-state index is 12.9. The van der Waals surface area contributed by atoms with Crippen LogP contribution in [0.15, 0.2) is 36.4 Å². The van der Waals surface area contributed by atoms with Gasteiger partial charge in [0.15, 0.2) is 0 Å². The summed E-state index contributed by atoms with van der Waals surface area (Å²) in [6.45, 7) is 6.03. The lowest BCUT2D eigenvalue weighted by atomic mass is 10.0. The first-order chi connectivity index (χ1) is 14.7. The molecule has 1 amide bonds. The highest BCUT2D eigenvalue weighted by Gasteiger charge is 2.26. The molecular formula is C23H30N2O6. The summed E-state index contributed by atoms with van der Waals surface area (Å²) in [6.07, 6.45) is 0.344. The molecule has 2 aromatic carbocycles. The minimum Gasteiger partial charge on any atom is -0.493 e. The van der Waals surface area contributed by atoms with Gasteiger partial charge in [-0.2, -0.15) is 0 Å². The van der Waals surface area contributed by atoms with Crippen molar-refractivity contribution in [2.24, 2.45) is 5.92 Å². The smallest absolute Gasteiger partial charge is 0.320 e. The molecule has 168 valence electrons. The zero-order valence-corrected chi connectivity index (χ0v) is 18.1. The molecule has 2 aromatic rings. The van der Waals surface area contributed by atoms with Gasteiger partial charge in [0.05, 0.1) is 12.2 Å². The summed E-state index contributed by atoms with van der Waals surface area (Å²) in [6, 6.07) is 8.99. The highest BCUT2D eigenvalue weighted by Crippen LogP contribution is 2.28. The van der Waals surface area contributed by atoms with Crippen LogP contribution in [0.25, 0.3) is 10.8 Å². The molecule has 0 fully saturated rings. The molecule has 0 aliphatic heterocycles. The second-order valence-electron chi connectivity index (χ2n) is 7.72. The first-order valence-corrected chi connectivity index (χ1v) is 10.4. The summed E-state index contributed by atoms with van der Waals surface area (Å²) in [7, 11) is 0. The van der Waals surface area contributed by atoms with Crippen molar-refractivity contribution in [1.82, 2.24) is 10.6 Å². The van der Waals surface area contributed by atoms with E-state index in [1.54, 1.807) is 6.07 Å². The number of carbonyl (C=O) groups excluding carboxylic acids is 1. The summed E-state index contributed by atoms with van der Waals surface area (Å²) in [5, 5.41) is 25.9. The van der Waals surface area contributed by atoms with Crippen molar-refractivity contribution < 1.29 is 29.3 Å². The van der Waals surface area contributed by atoms with E-state index in [1.807, 2.05) is 51.1 Å². The molecule has 0 bridgehead atoms. The Morgan fingerprint density at radius 2 is 1.68 bits per heavy atom. The minimum atomic E-state index is -1.16. The maximum absolute atomic E-state index is 12.9. The molecule has 0 saturated carbocycles. The molecule has 0 saturated heterocycles. The number of aliphatic carboxylic acids is 2. The van der Waals surface area contributed by atoms with Gasteiger partial charge < -0.3 is 20.3 Å². The van der Waals surface area contributed by atoms with Crippen molar-refractivity contribution >= 4 is 28.6 Å². The number of benzene rings is 2. The van der Waals surface area contributed by atoms with E-state index in [4.69, 9.17) is 4.74 Å². The molecule has 0 heterocycles. The zero-order valence-electron chi connectivity index (χ0n) is 18.1. The lowest BCUT2D eigenvalue weighted by Gasteiger charge is -2.22. The molecule has 0 aromatic heterocycles. The molecule has 8 nitrogen and oxygen atoms in total. The SMILES string of the molecule is CCOc1ccc2ccccc2c1C(=O)NCCC(NC(CC(C)C)C(=O)O)C(=O)O. The summed E-state index contributed by atoms with van der Waals surface area (Å²) in [4.78, 5) is 36.0. The third-order valence-electron chi connectivity index (χ3n) is 4.84. The van der Waals surface area contributed by atoms with E-state index < -0.39 is 24.0 Å². The molecule has 0 spiro atoms. The molecule has 2 unspecified atom stereocenters. The van der Waals surface area contributed by atoms with Crippen molar-refractivity contribution in [3.05, 3.63) is 42.0 Å². The summed E-state index contributed by atoms with van der Waals surface area (Å²) >= 11 is 0. The van der Waals surface area contributed by atoms with Crippen LogP contribution in [-0.4, -0.2) is 53.3 Å². The molecule has 8 heteroatoms. The van der Waals surface area contributed by atoms with E-state index in [2.05, 4.69) is 10.6 Å². The fraction of sp³-hybridized carbons (Fsp3) is 0.435. The molecule has 0 aliphatic carbocycles. The number of carboxylic acids is 2. The molecule has 0 radical (unpaired) electrons. The predicted octanol–water partition coefficient (Wildman–Crippen LogP) is 2.90. The van der Waals surface area contributed by atoms with Gasteiger partial charge in [-0.25, -0.2) is 0 Å². The number of carboxylic acid groups (broad SMARTS) is 2. The molecule has 2 atom stereocenters. The Hall–Kier alpha value is -3.13. The minimum absolute atomic E-state index is 0.0394. The average Bonchev–Trinajstić information content (AvgIpc) is 2.71. The number of carbonyl (C=O) groups is 3. The van der Waals surface area contributed by atoms with Crippen LogP contribution in [0.3, 0.4) is 0 Å². The van der Waals surface area contributed by atoms with Crippen LogP contribution in [0, 0.1) is 5.92 Å². The summed E-state index contributed by atoms with van der Waals surface area (Å²) in [5.41, 5.74) is 0.392. The quantitative estimate of drug-likeness (QED) is 0.408. The van der Waals surface area contributed by atoms with Gasteiger partial charge in [0.25, 0.3) is 5.91 Å². The predicted molar refractivity (Wildman–Crippen MR) is 118 cm³/mol. The third kappa shape index (κ3) is 6.68. The van der Waals surface area contributed by atoms with Crippen LogP contribution in [0.1, 0.15) is 44.0 Å². The summed E-state index contributed by atoms with van der Waals surface area (Å²) < 4.78 is 5.62. The average molecular weight is 431 g/mol. The molecule has 2 rings (SSSR count). The number of ether oxygens (including phenoxy) is 1. The van der Waals surface area contributed by atoms with E-state index in [1.165, 1.54) is 0 Å². The highest BCUT2D eigenvalue weighted by atomic mass is 16.5. The Morgan fingerprint density at radius 3 is 2.29 bits per heavy atom. The first kappa shape index (κ1) is 24.1. The second-order valence-corrected chi connectivity index (χ2v) is 7.72. The lowest BCUT2D eigenvalue weighted by molar-refractivity contribution is -0.143. The van der Waals surface area contributed by atoms with Crippen molar-refractivity contribution in [3.8, 4) is 5.75 Å². The third-order valence-corrected chi connectivity index (χ3v) is 4.84. The van der Waals surface area contributed by atoms with Crippen LogP contribution in [0.5, 0.6) is 5.75 Å². The largest absolute Gasteiger partial charge is 0.493 e. The first-order valence-electron chi connectivity index (χ1n) is 10.4. The van der Waals surface area contributed by atoms with Crippen LogP contribution in [0.2, 0.25) is 0 Å². The number of rotatable bonds is 12. The van der Waals surface area contributed by atoms with Crippen molar-refractivity contribution in [2.75, 3.05) is 13.2 Å². The normalized spacial score (nSPS) is 13.0. The Balaban J connectivity index is 2.11. The van der Waals surface area contributed by atoms with Crippen molar-refractivity contribution in [2.45, 2.75) is 45.7 Å². The number of hydrogen-bond donors (Lipinski definition) is 4. The Labute approximate surface area is 181 Å². The van der Waals surface area contributed by atoms with Crippen LogP contribution in [0.4, 0.5) is 0 Å². The highest BCUT2D eigenvalue weighted by molar-refractivity contribution is 6.09. The van der Waals surface area contributed by atoms with Gasteiger partial charge in [-0.1, -0.05) is 44.2 Å². The topological polar surface area (TPSA) is 125 Å². The second kappa shape index (κ2) is 11.3. The van der Waals surface area contributed by atoms with Crippen molar-refractivity contribution in [3.63, 3.8) is 0 Å². The van der Waals surface area contributed by atoms with Gasteiger partial charge in [-0.3, -0.25) is 19.7 Å². The monoisotopic (exact) mass is 430 g/mol. The van der Waals surface area contributed by atoms with Crippen LogP contribution in [-0.2, 0) is 9.59 Å². The zero-order chi connectivity index (χ0) is 23.0. The molecular weight excluding hydrogens is 400 g/mol. The fourth-order valence-corrected chi connectivity index (χ4v) is 3.41. The van der Waals surface area contributed by atoms with E-state index >= 15 is 0 Å². The van der Waals surface area contributed by atoms with E-state index in [0.29, 0.717) is 24.3 Å². The lowest BCUT2D eigenvalue weighted by Crippen LogP contribution is -2.49. The molecule has 31 heavy (non-hydrogen) atoms. The number of fused-ring (bicyclic) bond motifs is 1. The maximum Gasteiger partial charge on any atom is 0.320 e. The fourth-order valence-electron chi connectivity index (χ4n) is 3.41. The number of nitrogens with one attached hydrogen (secondary N) is 2. The number of hydrogen-bond acceptors (Lipinski definition) is 5. The Morgan fingerprint density at radius 1 is 1.00 bits per heavy atom. The van der Waals surface area contributed by atoms with Gasteiger partial charge >= 0.3 is 11.9 Å². The van der Waals surface area contributed by atoms with Gasteiger partial charge in [-0.15, -0.1) is 0 Å². The number of amides is 1. The van der Waals surface area contributed by atoms with Crippen LogP contribution < -0.4 is 15.4 Å². The van der Waals surface area contributed by atoms with Gasteiger partial charge in [0, 0.05) is 6.54 Å². The molecule has 4 N–H and O–H groups in total.